The number of pyridine rings is 1. The van der Waals surface area contributed by atoms with Gasteiger partial charge in [0.2, 0.25) is 0 Å². The van der Waals surface area contributed by atoms with Crippen LogP contribution in [0.15, 0.2) is 54.2 Å². The number of carbonyl (C=O) groups excluding carboxylic acids is 1. The van der Waals surface area contributed by atoms with Gasteiger partial charge in [-0.2, -0.15) is 0 Å². The van der Waals surface area contributed by atoms with Gasteiger partial charge in [-0.1, -0.05) is 0 Å². The summed E-state index contributed by atoms with van der Waals surface area (Å²) < 4.78 is 0. The first-order valence-electron chi connectivity index (χ1n) is 7.08. The number of amides is 1. The Bertz CT molecular complexity index is 797. The molecule has 0 radical (unpaired) electrons. The molecule has 1 aromatic carbocycles. The van der Waals surface area contributed by atoms with E-state index in [4.69, 9.17) is 0 Å². The van der Waals surface area contributed by atoms with Crippen LogP contribution >= 0.6 is 11.3 Å². The van der Waals surface area contributed by atoms with Gasteiger partial charge in [0.05, 0.1) is 0 Å². The second-order valence-electron chi connectivity index (χ2n) is 5.17. The molecule has 116 valence electrons. The highest BCUT2D eigenvalue weighted by atomic mass is 32.1. The van der Waals surface area contributed by atoms with Gasteiger partial charge in [-0.3, -0.25) is 9.78 Å². The van der Waals surface area contributed by atoms with Crippen molar-refractivity contribution in [1.82, 2.24) is 9.97 Å². The summed E-state index contributed by atoms with van der Waals surface area (Å²) in [6, 6.07) is 11.4. The van der Waals surface area contributed by atoms with Crippen LogP contribution in [0, 0.1) is 0 Å². The Balaban J connectivity index is 1.72. The smallest absolute Gasteiger partial charge is 0.275 e. The maximum absolute atomic E-state index is 12.3. The molecule has 23 heavy (non-hydrogen) atoms. The van der Waals surface area contributed by atoms with Crippen LogP contribution in [0.25, 0.3) is 10.6 Å². The third kappa shape index (κ3) is 3.54. The standard InChI is InChI=1S/C17H16N4OS/c1-21(2)14-5-3-13(4-6-14)19-16(22)15-11-23-17(20-15)12-7-9-18-10-8-12/h3-11H,1-2H3,(H,19,22). The van der Waals surface area contributed by atoms with Crippen LogP contribution in [0.3, 0.4) is 0 Å². The van der Waals surface area contributed by atoms with E-state index in [1.807, 2.05) is 55.4 Å². The van der Waals surface area contributed by atoms with E-state index in [0.29, 0.717) is 5.69 Å². The van der Waals surface area contributed by atoms with Gasteiger partial charge in [-0.05, 0) is 36.4 Å². The quantitative estimate of drug-likeness (QED) is 0.798. The molecule has 0 saturated carbocycles. The molecule has 3 aromatic rings. The molecule has 0 aliphatic carbocycles. The number of rotatable bonds is 4. The highest BCUT2D eigenvalue weighted by Crippen LogP contribution is 2.23. The number of nitrogens with one attached hydrogen (secondary N) is 1. The number of hydrogen-bond donors (Lipinski definition) is 1. The molecule has 5 nitrogen and oxygen atoms in total. The fraction of sp³-hybridized carbons (Fsp3) is 0.118. The number of nitrogens with zero attached hydrogens (tertiary/aromatic N) is 3. The minimum atomic E-state index is -0.209. The molecular formula is C17H16N4OS. The second-order valence-corrected chi connectivity index (χ2v) is 6.03. The molecule has 0 fully saturated rings. The summed E-state index contributed by atoms with van der Waals surface area (Å²) in [5.74, 6) is -0.209. The van der Waals surface area contributed by atoms with E-state index < -0.39 is 0 Å². The van der Waals surface area contributed by atoms with E-state index in [-0.39, 0.29) is 5.91 Å². The number of thiazole rings is 1. The molecule has 0 unspecified atom stereocenters. The summed E-state index contributed by atoms with van der Waals surface area (Å²) in [4.78, 5) is 22.7. The Kier molecular flexibility index (Phi) is 4.34. The van der Waals surface area contributed by atoms with E-state index in [0.717, 1.165) is 21.9 Å². The van der Waals surface area contributed by atoms with Crippen molar-refractivity contribution in [2.24, 2.45) is 0 Å². The van der Waals surface area contributed by atoms with Crippen molar-refractivity contribution in [1.29, 1.82) is 0 Å². The van der Waals surface area contributed by atoms with Crippen LogP contribution < -0.4 is 10.2 Å². The summed E-state index contributed by atoms with van der Waals surface area (Å²) in [6.45, 7) is 0. The molecule has 0 saturated heterocycles. The first-order valence-corrected chi connectivity index (χ1v) is 7.96. The molecule has 2 aromatic heterocycles. The highest BCUT2D eigenvalue weighted by Gasteiger charge is 2.12. The topological polar surface area (TPSA) is 58.1 Å². The maximum atomic E-state index is 12.3. The summed E-state index contributed by atoms with van der Waals surface area (Å²) >= 11 is 1.44. The number of carbonyl (C=O) groups is 1. The Labute approximate surface area is 138 Å². The Morgan fingerprint density at radius 3 is 2.43 bits per heavy atom. The number of benzene rings is 1. The molecule has 0 spiro atoms. The summed E-state index contributed by atoms with van der Waals surface area (Å²) in [7, 11) is 3.95. The van der Waals surface area contributed by atoms with Crippen molar-refractivity contribution in [3.63, 3.8) is 0 Å². The number of anilines is 2. The molecule has 1 N–H and O–H groups in total. The Morgan fingerprint density at radius 1 is 1.09 bits per heavy atom. The third-order valence-corrected chi connectivity index (χ3v) is 4.20. The fourth-order valence-electron chi connectivity index (χ4n) is 2.04. The molecule has 3 rings (SSSR count). The van der Waals surface area contributed by atoms with E-state index in [1.165, 1.54) is 11.3 Å². The van der Waals surface area contributed by atoms with E-state index in [1.54, 1.807) is 17.8 Å². The minimum absolute atomic E-state index is 0.209. The van der Waals surface area contributed by atoms with Crippen molar-refractivity contribution < 1.29 is 4.79 Å². The van der Waals surface area contributed by atoms with Crippen molar-refractivity contribution in [3.05, 3.63) is 59.9 Å². The SMILES string of the molecule is CN(C)c1ccc(NC(=O)c2csc(-c3ccncc3)n2)cc1. The van der Waals surface area contributed by atoms with Gasteiger partial charge in [0.15, 0.2) is 0 Å². The monoisotopic (exact) mass is 324 g/mol. The second kappa shape index (κ2) is 6.58. The minimum Gasteiger partial charge on any atom is -0.378 e. The van der Waals surface area contributed by atoms with E-state index in [9.17, 15) is 4.79 Å². The molecule has 0 atom stereocenters. The third-order valence-electron chi connectivity index (χ3n) is 3.31. The van der Waals surface area contributed by atoms with Gasteiger partial charge in [0.1, 0.15) is 10.7 Å². The lowest BCUT2D eigenvalue weighted by atomic mass is 10.2. The van der Waals surface area contributed by atoms with E-state index >= 15 is 0 Å². The van der Waals surface area contributed by atoms with Gasteiger partial charge in [-0.15, -0.1) is 11.3 Å². The highest BCUT2D eigenvalue weighted by molar-refractivity contribution is 7.13. The first-order chi connectivity index (χ1) is 11.1. The lowest BCUT2D eigenvalue weighted by molar-refractivity contribution is 0.102. The Hall–Kier alpha value is -2.73. The van der Waals surface area contributed by atoms with E-state index in [2.05, 4.69) is 15.3 Å². The van der Waals surface area contributed by atoms with Gasteiger partial charge in [-0.25, -0.2) is 4.98 Å². The molecule has 6 heteroatoms. The normalized spacial score (nSPS) is 10.3. The zero-order chi connectivity index (χ0) is 16.2. The average Bonchev–Trinajstić information content (AvgIpc) is 3.06. The maximum Gasteiger partial charge on any atom is 0.275 e. The van der Waals surface area contributed by atoms with Crippen molar-refractivity contribution in [2.45, 2.75) is 0 Å². The van der Waals surface area contributed by atoms with Crippen LogP contribution in [0.5, 0.6) is 0 Å². The average molecular weight is 324 g/mol. The molecule has 0 bridgehead atoms. The number of hydrogen-bond acceptors (Lipinski definition) is 5. The summed E-state index contributed by atoms with van der Waals surface area (Å²) in [5, 5.41) is 5.43. The van der Waals surface area contributed by atoms with Crippen molar-refractivity contribution in [3.8, 4) is 10.6 Å². The zero-order valence-corrected chi connectivity index (χ0v) is 13.7. The lowest BCUT2D eigenvalue weighted by Gasteiger charge is -2.12. The van der Waals surface area contributed by atoms with Crippen LogP contribution in [-0.2, 0) is 0 Å². The van der Waals surface area contributed by atoms with Crippen molar-refractivity contribution >= 4 is 28.6 Å². The zero-order valence-electron chi connectivity index (χ0n) is 12.9. The Morgan fingerprint density at radius 2 is 1.78 bits per heavy atom. The fourth-order valence-corrected chi connectivity index (χ4v) is 2.85. The summed E-state index contributed by atoms with van der Waals surface area (Å²) in [6.07, 6.45) is 3.42. The predicted octanol–water partition coefficient (Wildman–Crippen LogP) is 3.52. The van der Waals surface area contributed by atoms with Crippen LogP contribution in [0.4, 0.5) is 11.4 Å². The molecule has 0 aliphatic heterocycles. The van der Waals surface area contributed by atoms with Crippen LogP contribution in [-0.4, -0.2) is 30.0 Å². The van der Waals surface area contributed by atoms with Gasteiger partial charge in [0, 0.05) is 48.8 Å². The van der Waals surface area contributed by atoms with Crippen LogP contribution in [0.1, 0.15) is 10.5 Å². The lowest BCUT2D eigenvalue weighted by Crippen LogP contribution is -2.13. The van der Waals surface area contributed by atoms with Gasteiger partial charge in [0.25, 0.3) is 5.91 Å². The number of aromatic nitrogens is 2. The molecular weight excluding hydrogens is 308 g/mol. The first kappa shape index (κ1) is 15.2. The predicted molar refractivity (Wildman–Crippen MR) is 94.1 cm³/mol. The largest absolute Gasteiger partial charge is 0.378 e. The van der Waals surface area contributed by atoms with Crippen LogP contribution in [0.2, 0.25) is 0 Å². The molecule has 0 aliphatic rings. The molecule has 2 heterocycles. The van der Waals surface area contributed by atoms with Gasteiger partial charge < -0.3 is 10.2 Å². The van der Waals surface area contributed by atoms with Gasteiger partial charge >= 0.3 is 0 Å². The summed E-state index contributed by atoms with van der Waals surface area (Å²) in [5.41, 5.74) is 3.20. The van der Waals surface area contributed by atoms with Crippen molar-refractivity contribution in [2.75, 3.05) is 24.3 Å². The molecule has 1 amide bonds.